The number of amides is 1. The van der Waals surface area contributed by atoms with Crippen molar-refractivity contribution in [2.24, 2.45) is 17.9 Å². The second-order valence-corrected chi connectivity index (χ2v) is 19.0. The lowest BCUT2D eigenvalue weighted by Gasteiger charge is -2.59. The molecule has 0 saturated carbocycles. The van der Waals surface area contributed by atoms with Crippen molar-refractivity contribution in [1.29, 1.82) is 0 Å². The van der Waals surface area contributed by atoms with Crippen molar-refractivity contribution in [3.63, 3.8) is 0 Å². The molecule has 14 nitrogen and oxygen atoms in total. The van der Waals surface area contributed by atoms with Gasteiger partial charge in [-0.3, -0.25) is 14.6 Å². The van der Waals surface area contributed by atoms with Crippen LogP contribution in [-0.2, 0) is 51.6 Å². The highest BCUT2D eigenvalue weighted by Crippen LogP contribution is 2.38. The summed E-state index contributed by atoms with van der Waals surface area (Å²) in [5.41, 5.74) is 2.21. The first-order chi connectivity index (χ1) is 28.9. The second kappa shape index (κ2) is 41.2. The van der Waals surface area contributed by atoms with Gasteiger partial charge in [-0.1, -0.05) is 50.3 Å². The van der Waals surface area contributed by atoms with Crippen LogP contribution in [0.5, 0.6) is 0 Å². The van der Waals surface area contributed by atoms with Crippen LogP contribution >= 0.6 is 0 Å². The molecule has 2 spiro atoms. The number of allylic oxidation sites excluding steroid dienone is 2. The molecule has 0 unspecified atom stereocenters. The number of hydrogen-bond acceptors (Lipinski definition) is 12. The Kier molecular flexibility index (Phi) is 46.7. The van der Waals surface area contributed by atoms with E-state index in [9.17, 15) is 4.79 Å². The van der Waals surface area contributed by atoms with Crippen LogP contribution in [0.2, 0.25) is 0 Å². The minimum absolute atomic E-state index is 0. The molecule has 1 aromatic heterocycles. The molecular weight excluding hydrogens is 849 g/mol. The summed E-state index contributed by atoms with van der Waals surface area (Å²) in [6.45, 7) is 52.0. The van der Waals surface area contributed by atoms with Gasteiger partial charge < -0.3 is 47.9 Å². The second-order valence-electron chi connectivity index (χ2n) is 19.0. The van der Waals surface area contributed by atoms with Gasteiger partial charge in [0.2, 0.25) is 5.91 Å². The predicted octanol–water partition coefficient (Wildman–Crippen LogP) is 10.4. The Bertz CT molecular complexity index is 1290. The molecule has 5 heterocycles. The smallest absolute Gasteiger partial charge is 0.217 e. The van der Waals surface area contributed by atoms with E-state index in [1.807, 2.05) is 87.0 Å². The first kappa shape index (κ1) is 75.9. The Morgan fingerprint density at radius 3 is 1.34 bits per heavy atom. The Balaban J connectivity index is -0.000000167. The van der Waals surface area contributed by atoms with Crippen LogP contribution in [0.25, 0.3) is 0 Å². The van der Waals surface area contributed by atoms with Crippen molar-refractivity contribution in [1.82, 2.24) is 29.6 Å². The zero-order valence-corrected chi connectivity index (χ0v) is 42.6. The fourth-order valence-corrected chi connectivity index (χ4v) is 6.93. The number of hydrogen-bond donors (Lipinski definition) is 1. The lowest BCUT2D eigenvalue weighted by Crippen LogP contribution is -2.71. The molecule has 404 valence electrons. The lowest BCUT2D eigenvalue weighted by atomic mass is 9.73. The van der Waals surface area contributed by atoms with Crippen LogP contribution in [0.4, 0.5) is 0 Å². The number of rotatable bonds is 19. The van der Waals surface area contributed by atoms with Crippen LogP contribution < -0.4 is 5.32 Å². The number of aromatic nitrogens is 2. The van der Waals surface area contributed by atoms with Crippen LogP contribution in [0.3, 0.4) is 0 Å². The van der Waals surface area contributed by atoms with Gasteiger partial charge in [0.1, 0.15) is 6.61 Å². The SMILES string of the molecule is C.C.C.C.C.C=C(C)OC(C)C.C=C(C)OCCOC(C)C.CC(=O)NC(C)C.CC(C)OCCN1CC2(CN(C)C2)C1.CC(C)OCCN1CC2(COC2)C1.CC(C)OCc1cn(C)cn1. The molecule has 1 amide bonds. The monoisotopic (exact) mass is 963 g/mol. The van der Waals surface area contributed by atoms with E-state index >= 15 is 0 Å². The standard InChI is InChI=1S/C11H22N2O.C10H19NO2.C8H14N2O.C8H16O2.C6H12O.C5H11NO.5CH4/c1-10(2)14-5-4-13-8-11(9-13)6-12(3)7-11;1-9(2)13-4-3-11-5-10(6-11)7-12-8-10;1-7(2)11-5-8-4-10(3)6-9-8;1-7(2)9-5-6-10-8(3)4;1-5(2)7-6(3)4;1-4(2)6-5(3)7;;;;;/h10H,4-9H2,1-3H3;9H,3-8H2,1-2H3;4,6-7H,5H2,1-3H3;8H,1,5-6H2,2-4H3;6H,1H2,2-4H3;4H,1-3H3,(H,6,7);5*1H4. The molecule has 0 atom stereocenters. The van der Waals surface area contributed by atoms with Crippen molar-refractivity contribution in [3.05, 3.63) is 42.9 Å². The van der Waals surface area contributed by atoms with E-state index in [4.69, 9.17) is 33.2 Å². The zero-order valence-electron chi connectivity index (χ0n) is 42.6. The van der Waals surface area contributed by atoms with E-state index < -0.39 is 0 Å². The maximum atomic E-state index is 10.1. The highest BCUT2D eigenvalue weighted by molar-refractivity contribution is 5.73. The Morgan fingerprint density at radius 1 is 0.642 bits per heavy atom. The zero-order chi connectivity index (χ0) is 47.5. The van der Waals surface area contributed by atoms with Gasteiger partial charge >= 0.3 is 0 Å². The topological polar surface area (TPSA) is 121 Å². The number of carbonyl (C=O) groups is 1. The quantitative estimate of drug-likeness (QED) is 0.105. The van der Waals surface area contributed by atoms with E-state index in [1.54, 1.807) is 6.33 Å². The molecule has 14 heteroatoms. The molecule has 1 aromatic rings. The predicted molar refractivity (Wildman–Crippen MR) is 287 cm³/mol. The molecule has 0 bridgehead atoms. The molecule has 0 aromatic carbocycles. The number of aryl methyl sites for hydroxylation is 1. The van der Waals surface area contributed by atoms with Gasteiger partial charge in [0.15, 0.2) is 0 Å². The fraction of sp³-hybridized carbons (Fsp3) is 0.849. The summed E-state index contributed by atoms with van der Waals surface area (Å²) in [5, 5.41) is 2.67. The third-order valence-electron chi connectivity index (χ3n) is 9.12. The Labute approximate surface area is 416 Å². The van der Waals surface area contributed by atoms with E-state index in [0.717, 1.165) is 56.7 Å². The molecule has 4 aliphatic heterocycles. The van der Waals surface area contributed by atoms with Gasteiger partial charge in [-0.25, -0.2) is 4.98 Å². The summed E-state index contributed by atoms with van der Waals surface area (Å²) in [4.78, 5) is 21.6. The number of likely N-dealkylation sites (tertiary alicyclic amines) is 3. The highest BCUT2D eigenvalue weighted by Gasteiger charge is 2.50. The van der Waals surface area contributed by atoms with Crippen molar-refractivity contribution >= 4 is 5.91 Å². The Morgan fingerprint density at radius 2 is 1.07 bits per heavy atom. The number of ether oxygens (including phenoxy) is 7. The summed E-state index contributed by atoms with van der Waals surface area (Å²) in [6, 6.07) is 0.275. The molecule has 67 heavy (non-hydrogen) atoms. The minimum atomic E-state index is 0. The minimum Gasteiger partial charge on any atom is -0.496 e. The highest BCUT2D eigenvalue weighted by atomic mass is 16.5. The van der Waals surface area contributed by atoms with Crippen molar-refractivity contribution in [2.45, 2.75) is 184 Å². The molecular formula is C53H114N6O8. The van der Waals surface area contributed by atoms with Gasteiger partial charge in [0, 0.05) is 89.4 Å². The van der Waals surface area contributed by atoms with E-state index in [2.05, 4.69) is 72.9 Å². The number of nitrogens with one attached hydrogen (secondary N) is 1. The third kappa shape index (κ3) is 41.0. The fourth-order valence-electron chi connectivity index (χ4n) is 6.93. The molecule has 0 radical (unpaired) electrons. The Hall–Kier alpha value is -2.56. The molecule has 5 rings (SSSR count). The van der Waals surface area contributed by atoms with Gasteiger partial charge in [-0.2, -0.15) is 0 Å². The summed E-state index contributed by atoms with van der Waals surface area (Å²) < 4.78 is 38.9. The first-order valence-corrected chi connectivity index (χ1v) is 22.9. The van der Waals surface area contributed by atoms with Crippen LogP contribution in [0.1, 0.15) is 147 Å². The lowest BCUT2D eigenvalue weighted by molar-refractivity contribution is -0.191. The van der Waals surface area contributed by atoms with Crippen molar-refractivity contribution in [2.75, 3.05) is 99.0 Å². The number of imidazole rings is 1. The summed E-state index contributed by atoms with van der Waals surface area (Å²) >= 11 is 0. The van der Waals surface area contributed by atoms with Gasteiger partial charge in [0.25, 0.3) is 0 Å². The average molecular weight is 964 g/mol. The molecule has 4 fully saturated rings. The van der Waals surface area contributed by atoms with Gasteiger partial charge in [-0.15, -0.1) is 0 Å². The van der Waals surface area contributed by atoms with Gasteiger partial charge in [-0.05, 0) is 104 Å². The summed E-state index contributed by atoms with van der Waals surface area (Å²) in [6.07, 6.45) is 5.31. The summed E-state index contributed by atoms with van der Waals surface area (Å²) in [7, 11) is 4.15. The van der Waals surface area contributed by atoms with Crippen LogP contribution in [0, 0.1) is 10.8 Å². The van der Waals surface area contributed by atoms with E-state index in [-0.39, 0.29) is 67.4 Å². The maximum absolute atomic E-state index is 10.1. The number of nitrogens with zero attached hydrogens (tertiary/aromatic N) is 5. The molecule has 4 aliphatic rings. The first-order valence-electron chi connectivity index (χ1n) is 22.9. The van der Waals surface area contributed by atoms with E-state index in [1.165, 1.54) is 46.2 Å². The van der Waals surface area contributed by atoms with Crippen LogP contribution in [0.15, 0.2) is 37.2 Å². The average Bonchev–Trinajstić information content (AvgIpc) is 3.49. The van der Waals surface area contributed by atoms with Crippen molar-refractivity contribution in [3.8, 4) is 0 Å². The maximum Gasteiger partial charge on any atom is 0.217 e. The molecule has 1 N–H and O–H groups in total. The largest absolute Gasteiger partial charge is 0.496 e. The van der Waals surface area contributed by atoms with E-state index in [0.29, 0.717) is 42.9 Å². The molecule has 4 saturated heterocycles. The van der Waals surface area contributed by atoms with Crippen molar-refractivity contribution < 1.29 is 38.0 Å². The van der Waals surface area contributed by atoms with Crippen LogP contribution in [-0.4, -0.2) is 166 Å². The van der Waals surface area contributed by atoms with Gasteiger partial charge in [0.05, 0.1) is 93.7 Å². The normalized spacial score (nSPS) is 15.8. The summed E-state index contributed by atoms with van der Waals surface area (Å²) in [5.74, 6) is 1.57. The number of carbonyl (C=O) groups excluding carboxylic acids is 1. The third-order valence-corrected chi connectivity index (χ3v) is 9.12. The molecule has 0 aliphatic carbocycles.